The molecule has 0 bridgehead atoms. The lowest BCUT2D eigenvalue weighted by Gasteiger charge is -2.11. The van der Waals surface area contributed by atoms with Crippen molar-refractivity contribution < 1.29 is 8.42 Å². The highest BCUT2D eigenvalue weighted by Crippen LogP contribution is 2.17. The number of hydrogen-bond donors (Lipinski definition) is 0. The summed E-state index contributed by atoms with van der Waals surface area (Å²) >= 11 is 0. The van der Waals surface area contributed by atoms with Gasteiger partial charge in [-0.3, -0.25) is 13.9 Å². The van der Waals surface area contributed by atoms with Crippen LogP contribution in [-0.2, 0) is 22.6 Å². The predicted octanol–water partition coefficient (Wildman–Crippen LogP) is 0.823. The Morgan fingerprint density at radius 2 is 2.00 bits per heavy atom. The Hall–Kier alpha value is -1.67. The molecule has 0 atom stereocenters. The van der Waals surface area contributed by atoms with E-state index in [1.54, 1.807) is 0 Å². The number of hydrogen-bond acceptors (Lipinski definition) is 5. The molecule has 0 N–H and O–H groups in total. The van der Waals surface area contributed by atoms with Gasteiger partial charge < -0.3 is 0 Å². The van der Waals surface area contributed by atoms with Gasteiger partial charge in [0.1, 0.15) is 10.5 Å². The largest absolute Gasteiger partial charge is 0.332 e. The van der Waals surface area contributed by atoms with Crippen LogP contribution in [0.5, 0.6) is 0 Å². The fourth-order valence-corrected chi connectivity index (χ4v) is 2.69. The summed E-state index contributed by atoms with van der Waals surface area (Å²) in [5.41, 5.74) is -0.909. The minimum absolute atomic E-state index is 0.0509. The van der Waals surface area contributed by atoms with E-state index < -0.39 is 20.3 Å². The second-order valence-corrected chi connectivity index (χ2v) is 7.20. The minimum atomic E-state index is -3.99. The second kappa shape index (κ2) is 5.61. The monoisotopic (exact) mass is 331 g/mol. The summed E-state index contributed by atoms with van der Waals surface area (Å²) in [5.74, 6) is 0. The van der Waals surface area contributed by atoms with Crippen molar-refractivity contribution in [3.63, 3.8) is 0 Å². The van der Waals surface area contributed by atoms with E-state index in [0.29, 0.717) is 6.54 Å². The van der Waals surface area contributed by atoms with Gasteiger partial charge in [-0.15, -0.1) is 0 Å². The number of rotatable bonds is 4. The number of pyridine rings is 1. The van der Waals surface area contributed by atoms with Gasteiger partial charge in [-0.05, 0) is 12.5 Å². The topological polar surface area (TPSA) is 91.0 Å². The number of aryl methyl sites for hydroxylation is 1. The van der Waals surface area contributed by atoms with Crippen molar-refractivity contribution in [1.82, 2.24) is 14.1 Å². The van der Waals surface area contributed by atoms with Crippen LogP contribution in [0.25, 0.3) is 11.0 Å². The first-order chi connectivity index (χ1) is 9.77. The van der Waals surface area contributed by atoms with Crippen LogP contribution < -0.4 is 11.2 Å². The van der Waals surface area contributed by atoms with Crippen molar-refractivity contribution in [3.05, 3.63) is 33.1 Å². The molecule has 0 unspecified atom stereocenters. The second-order valence-electron chi connectivity index (χ2n) is 4.63. The number of halogens is 1. The summed E-state index contributed by atoms with van der Waals surface area (Å²) in [4.78, 5) is 27.9. The highest BCUT2D eigenvalue weighted by atomic mass is 35.7. The number of fused-ring (bicyclic) bond motifs is 1. The highest BCUT2D eigenvalue weighted by Gasteiger charge is 2.16. The molecule has 0 aliphatic heterocycles. The summed E-state index contributed by atoms with van der Waals surface area (Å²) in [6.07, 6.45) is 2.65. The molecule has 2 rings (SSSR count). The number of nitrogens with zero attached hydrogens (tertiary/aromatic N) is 3. The van der Waals surface area contributed by atoms with Crippen LogP contribution in [0.15, 0.2) is 26.7 Å². The van der Waals surface area contributed by atoms with E-state index in [1.165, 1.54) is 11.6 Å². The highest BCUT2D eigenvalue weighted by molar-refractivity contribution is 8.13. The smallest absolute Gasteiger partial charge is 0.277 e. The lowest BCUT2D eigenvalue weighted by atomic mass is 10.3. The summed E-state index contributed by atoms with van der Waals surface area (Å²) in [7, 11) is 2.61. The zero-order chi connectivity index (χ0) is 15.8. The normalized spacial score (nSPS) is 12.0. The van der Waals surface area contributed by atoms with Crippen LogP contribution in [0, 0.1) is 0 Å². The molecule has 0 aliphatic rings. The molecule has 0 saturated heterocycles. The van der Waals surface area contributed by atoms with E-state index >= 15 is 0 Å². The lowest BCUT2D eigenvalue weighted by Crippen LogP contribution is -2.38. The Bertz CT molecular complexity index is 914. The first-order valence-electron chi connectivity index (χ1n) is 6.31. The Labute approximate surface area is 125 Å². The van der Waals surface area contributed by atoms with Gasteiger partial charge >= 0.3 is 5.69 Å². The summed E-state index contributed by atoms with van der Waals surface area (Å²) in [5, 5.41) is 0.0509. The van der Waals surface area contributed by atoms with Crippen LogP contribution in [0.4, 0.5) is 0 Å². The van der Waals surface area contributed by atoms with Crippen LogP contribution in [-0.4, -0.2) is 22.5 Å². The fraction of sp³-hybridized carbons (Fsp3) is 0.417. The molecule has 0 aliphatic carbocycles. The molecule has 114 valence electrons. The molecule has 0 amide bonds. The third kappa shape index (κ3) is 2.86. The van der Waals surface area contributed by atoms with Crippen molar-refractivity contribution >= 4 is 30.8 Å². The van der Waals surface area contributed by atoms with E-state index in [-0.39, 0.29) is 15.9 Å². The van der Waals surface area contributed by atoms with Crippen LogP contribution >= 0.6 is 10.7 Å². The molecule has 0 spiro atoms. The molecule has 21 heavy (non-hydrogen) atoms. The zero-order valence-electron chi connectivity index (χ0n) is 11.5. The van der Waals surface area contributed by atoms with E-state index in [1.807, 2.05) is 6.92 Å². The SMILES string of the molecule is CCCCn1c(=O)n(C)c(=O)c2cc(S(=O)(=O)Cl)cnc21. The van der Waals surface area contributed by atoms with E-state index in [4.69, 9.17) is 10.7 Å². The molecule has 7 nitrogen and oxygen atoms in total. The summed E-state index contributed by atoms with van der Waals surface area (Å²) < 4.78 is 25.0. The van der Waals surface area contributed by atoms with Crippen molar-refractivity contribution in [2.75, 3.05) is 0 Å². The van der Waals surface area contributed by atoms with Crippen LogP contribution in [0.1, 0.15) is 19.8 Å². The van der Waals surface area contributed by atoms with E-state index in [9.17, 15) is 18.0 Å². The molecule has 0 aromatic carbocycles. The standard InChI is InChI=1S/C12H14ClN3O4S/c1-3-4-5-16-10-9(11(17)15(2)12(16)18)6-8(7-14-10)21(13,19)20/h6-7H,3-5H2,1-2H3. The van der Waals surface area contributed by atoms with Crippen molar-refractivity contribution in [3.8, 4) is 0 Å². The predicted molar refractivity (Wildman–Crippen MR) is 79.2 cm³/mol. The molecule has 0 radical (unpaired) electrons. The molecule has 0 fully saturated rings. The van der Waals surface area contributed by atoms with Gasteiger partial charge in [0.25, 0.3) is 14.6 Å². The molecule has 2 heterocycles. The average molecular weight is 332 g/mol. The van der Waals surface area contributed by atoms with Crippen molar-refractivity contribution in [1.29, 1.82) is 0 Å². The third-order valence-electron chi connectivity index (χ3n) is 3.17. The quantitative estimate of drug-likeness (QED) is 0.774. The Morgan fingerprint density at radius 1 is 1.33 bits per heavy atom. The van der Waals surface area contributed by atoms with E-state index in [2.05, 4.69) is 4.98 Å². The van der Waals surface area contributed by atoms with Gasteiger partial charge in [0.05, 0.1) is 5.39 Å². The molecule has 9 heteroatoms. The van der Waals surface area contributed by atoms with Crippen LogP contribution in [0.3, 0.4) is 0 Å². The maximum absolute atomic E-state index is 12.1. The number of unbranched alkanes of at least 4 members (excludes halogenated alkanes) is 1. The Morgan fingerprint density at radius 3 is 2.57 bits per heavy atom. The van der Waals surface area contributed by atoms with Crippen LogP contribution in [0.2, 0.25) is 0 Å². The van der Waals surface area contributed by atoms with Gasteiger partial charge in [-0.2, -0.15) is 0 Å². The third-order valence-corrected chi connectivity index (χ3v) is 4.49. The molecular weight excluding hydrogens is 318 g/mol. The molecule has 0 saturated carbocycles. The lowest BCUT2D eigenvalue weighted by molar-refractivity contribution is 0.582. The van der Waals surface area contributed by atoms with Gasteiger partial charge in [0, 0.05) is 30.5 Å². The van der Waals surface area contributed by atoms with Gasteiger partial charge in [0.2, 0.25) is 0 Å². The molecular formula is C12H14ClN3O4S. The van der Waals surface area contributed by atoms with Crippen molar-refractivity contribution in [2.45, 2.75) is 31.2 Å². The van der Waals surface area contributed by atoms with Gasteiger partial charge in [-0.25, -0.2) is 18.2 Å². The maximum atomic E-state index is 12.1. The first kappa shape index (κ1) is 15.7. The average Bonchev–Trinajstić information content (AvgIpc) is 2.43. The van der Waals surface area contributed by atoms with Gasteiger partial charge in [0.15, 0.2) is 0 Å². The first-order valence-corrected chi connectivity index (χ1v) is 8.62. The summed E-state index contributed by atoms with van der Waals surface area (Å²) in [6, 6.07) is 1.15. The number of aromatic nitrogens is 3. The Kier molecular flexibility index (Phi) is 4.20. The van der Waals surface area contributed by atoms with E-state index in [0.717, 1.165) is 29.7 Å². The minimum Gasteiger partial charge on any atom is -0.277 e. The van der Waals surface area contributed by atoms with Crippen molar-refractivity contribution in [2.24, 2.45) is 7.05 Å². The Balaban J connectivity index is 2.87. The maximum Gasteiger partial charge on any atom is 0.332 e. The fourth-order valence-electron chi connectivity index (χ4n) is 2.00. The molecule has 2 aromatic rings. The molecule has 2 aromatic heterocycles. The van der Waals surface area contributed by atoms with Gasteiger partial charge in [-0.1, -0.05) is 13.3 Å². The zero-order valence-corrected chi connectivity index (χ0v) is 13.1. The summed E-state index contributed by atoms with van der Waals surface area (Å²) in [6.45, 7) is 2.38.